The van der Waals surface area contributed by atoms with E-state index in [1.54, 1.807) is 30.0 Å². The van der Waals surface area contributed by atoms with Gasteiger partial charge >= 0.3 is 5.97 Å². The molecule has 0 fully saturated rings. The first-order chi connectivity index (χ1) is 7.04. The number of rotatable bonds is 4. The Morgan fingerprint density at radius 2 is 2.27 bits per heavy atom. The molecule has 0 spiro atoms. The molecule has 0 radical (unpaired) electrons. The van der Waals surface area contributed by atoms with E-state index in [1.807, 2.05) is 0 Å². The molecule has 1 aromatic carbocycles. The summed E-state index contributed by atoms with van der Waals surface area (Å²) in [5.74, 6) is -0.979. The van der Waals surface area contributed by atoms with Gasteiger partial charge in [0.2, 0.25) is 0 Å². The SMILES string of the molecule is CCC(C)Sc1ccc(C(=O)O)c(N)c1. The Morgan fingerprint density at radius 3 is 2.73 bits per heavy atom. The highest BCUT2D eigenvalue weighted by molar-refractivity contribution is 7.99. The standard InChI is InChI=1S/C11H15NO2S/c1-3-7(2)15-8-4-5-9(11(13)14)10(12)6-8/h4-7H,3,12H2,1-2H3,(H,13,14). The predicted molar refractivity (Wildman–Crippen MR) is 63.4 cm³/mol. The maximum atomic E-state index is 10.7. The zero-order chi connectivity index (χ0) is 11.4. The van der Waals surface area contributed by atoms with E-state index in [4.69, 9.17) is 10.8 Å². The van der Waals surface area contributed by atoms with Crippen molar-refractivity contribution in [1.82, 2.24) is 0 Å². The molecule has 0 aliphatic carbocycles. The lowest BCUT2D eigenvalue weighted by Gasteiger charge is -2.09. The maximum Gasteiger partial charge on any atom is 0.337 e. The van der Waals surface area contributed by atoms with E-state index in [0.717, 1.165) is 11.3 Å². The fourth-order valence-electron chi connectivity index (χ4n) is 1.12. The molecule has 1 atom stereocenters. The number of hydrogen-bond donors (Lipinski definition) is 2. The Bertz CT molecular complexity index is 366. The topological polar surface area (TPSA) is 63.3 Å². The number of hydrogen-bond acceptors (Lipinski definition) is 3. The van der Waals surface area contributed by atoms with Gasteiger partial charge in [-0.2, -0.15) is 0 Å². The fraction of sp³-hybridized carbons (Fsp3) is 0.364. The quantitative estimate of drug-likeness (QED) is 0.611. The van der Waals surface area contributed by atoms with Crippen molar-refractivity contribution in [1.29, 1.82) is 0 Å². The molecule has 0 saturated carbocycles. The summed E-state index contributed by atoms with van der Waals surface area (Å²) in [4.78, 5) is 11.7. The smallest absolute Gasteiger partial charge is 0.337 e. The van der Waals surface area contributed by atoms with E-state index in [1.165, 1.54) is 0 Å². The first-order valence-electron chi connectivity index (χ1n) is 4.84. The number of nitrogen functional groups attached to an aromatic ring is 1. The molecule has 15 heavy (non-hydrogen) atoms. The van der Waals surface area contributed by atoms with Crippen LogP contribution in [-0.4, -0.2) is 16.3 Å². The molecule has 0 amide bonds. The second kappa shape index (κ2) is 5.07. The molecule has 0 aliphatic rings. The predicted octanol–water partition coefficient (Wildman–Crippen LogP) is 2.86. The van der Waals surface area contributed by atoms with Crippen molar-refractivity contribution in [3.05, 3.63) is 23.8 Å². The summed E-state index contributed by atoms with van der Waals surface area (Å²) < 4.78 is 0. The van der Waals surface area contributed by atoms with Crippen molar-refractivity contribution in [2.75, 3.05) is 5.73 Å². The molecule has 0 saturated heterocycles. The molecule has 0 aliphatic heterocycles. The van der Waals surface area contributed by atoms with Crippen LogP contribution in [0.3, 0.4) is 0 Å². The van der Waals surface area contributed by atoms with Gasteiger partial charge in [0.1, 0.15) is 0 Å². The normalized spacial score (nSPS) is 12.4. The van der Waals surface area contributed by atoms with Crippen molar-refractivity contribution < 1.29 is 9.90 Å². The van der Waals surface area contributed by atoms with Gasteiger partial charge in [-0.05, 0) is 24.6 Å². The number of carboxylic acids is 1. The largest absolute Gasteiger partial charge is 0.478 e. The van der Waals surface area contributed by atoms with Gasteiger partial charge in [-0.25, -0.2) is 4.79 Å². The third kappa shape index (κ3) is 3.16. The summed E-state index contributed by atoms with van der Waals surface area (Å²) in [6.07, 6.45) is 1.07. The van der Waals surface area contributed by atoms with E-state index < -0.39 is 5.97 Å². The van der Waals surface area contributed by atoms with Crippen LogP contribution in [0.1, 0.15) is 30.6 Å². The van der Waals surface area contributed by atoms with Crippen LogP contribution in [0.4, 0.5) is 5.69 Å². The second-order valence-corrected chi connectivity index (χ2v) is 4.90. The molecule has 4 heteroatoms. The van der Waals surface area contributed by atoms with E-state index in [0.29, 0.717) is 10.9 Å². The van der Waals surface area contributed by atoms with Crippen LogP contribution in [0, 0.1) is 0 Å². The van der Waals surface area contributed by atoms with Gasteiger partial charge in [0.15, 0.2) is 0 Å². The third-order valence-electron chi connectivity index (χ3n) is 2.17. The van der Waals surface area contributed by atoms with E-state index in [-0.39, 0.29) is 5.56 Å². The number of aromatic carboxylic acids is 1. The van der Waals surface area contributed by atoms with Crippen LogP contribution >= 0.6 is 11.8 Å². The first kappa shape index (κ1) is 11.9. The molecule has 0 aromatic heterocycles. The summed E-state index contributed by atoms with van der Waals surface area (Å²) in [6.45, 7) is 4.25. The van der Waals surface area contributed by atoms with Gasteiger partial charge in [0.25, 0.3) is 0 Å². The van der Waals surface area contributed by atoms with Crippen LogP contribution in [0.15, 0.2) is 23.1 Å². The molecule has 3 N–H and O–H groups in total. The number of carbonyl (C=O) groups is 1. The van der Waals surface area contributed by atoms with E-state index >= 15 is 0 Å². The zero-order valence-electron chi connectivity index (χ0n) is 8.86. The highest BCUT2D eigenvalue weighted by Gasteiger charge is 2.09. The highest BCUT2D eigenvalue weighted by atomic mass is 32.2. The Kier molecular flexibility index (Phi) is 4.03. The first-order valence-corrected chi connectivity index (χ1v) is 5.72. The third-order valence-corrected chi connectivity index (χ3v) is 3.43. The summed E-state index contributed by atoms with van der Waals surface area (Å²) in [5.41, 5.74) is 6.14. The molecule has 0 heterocycles. The van der Waals surface area contributed by atoms with Crippen molar-refractivity contribution in [2.24, 2.45) is 0 Å². The maximum absolute atomic E-state index is 10.7. The van der Waals surface area contributed by atoms with Gasteiger partial charge in [0, 0.05) is 15.8 Å². The number of nitrogens with two attached hydrogens (primary N) is 1. The van der Waals surface area contributed by atoms with Crippen molar-refractivity contribution in [3.8, 4) is 0 Å². The Labute approximate surface area is 93.7 Å². The molecule has 1 unspecified atom stereocenters. The highest BCUT2D eigenvalue weighted by Crippen LogP contribution is 2.27. The minimum atomic E-state index is -0.979. The van der Waals surface area contributed by atoms with Crippen LogP contribution in [-0.2, 0) is 0 Å². The average molecular weight is 225 g/mol. The molecule has 82 valence electrons. The lowest BCUT2D eigenvalue weighted by molar-refractivity contribution is 0.0698. The molecular weight excluding hydrogens is 210 g/mol. The lowest BCUT2D eigenvalue weighted by Crippen LogP contribution is -2.02. The van der Waals surface area contributed by atoms with Crippen LogP contribution in [0.5, 0.6) is 0 Å². The lowest BCUT2D eigenvalue weighted by atomic mass is 10.2. The van der Waals surface area contributed by atoms with E-state index in [9.17, 15) is 4.79 Å². The Morgan fingerprint density at radius 1 is 1.60 bits per heavy atom. The molecule has 1 aromatic rings. The van der Waals surface area contributed by atoms with Crippen LogP contribution in [0.2, 0.25) is 0 Å². The van der Waals surface area contributed by atoms with Gasteiger partial charge < -0.3 is 10.8 Å². The summed E-state index contributed by atoms with van der Waals surface area (Å²) in [7, 11) is 0. The van der Waals surface area contributed by atoms with Gasteiger partial charge in [-0.1, -0.05) is 13.8 Å². The molecule has 1 rings (SSSR count). The minimum Gasteiger partial charge on any atom is -0.478 e. The molecular formula is C11H15NO2S. The summed E-state index contributed by atoms with van der Waals surface area (Å²) >= 11 is 1.71. The van der Waals surface area contributed by atoms with Crippen LogP contribution in [0.25, 0.3) is 0 Å². The summed E-state index contributed by atoms with van der Waals surface area (Å²) in [6, 6.07) is 5.08. The zero-order valence-corrected chi connectivity index (χ0v) is 9.67. The second-order valence-electron chi connectivity index (χ2n) is 3.39. The number of thioether (sulfide) groups is 1. The summed E-state index contributed by atoms with van der Waals surface area (Å²) in [5, 5.41) is 9.31. The fourth-order valence-corrected chi connectivity index (χ4v) is 2.10. The minimum absolute atomic E-state index is 0.170. The van der Waals surface area contributed by atoms with Crippen molar-refractivity contribution >= 4 is 23.4 Å². The number of carboxylic acid groups (broad SMARTS) is 1. The number of anilines is 1. The molecule has 0 bridgehead atoms. The van der Waals surface area contributed by atoms with Crippen LogP contribution < -0.4 is 5.73 Å². The van der Waals surface area contributed by atoms with Crippen molar-refractivity contribution in [3.63, 3.8) is 0 Å². The Hall–Kier alpha value is -1.16. The molecule has 3 nitrogen and oxygen atoms in total. The monoisotopic (exact) mass is 225 g/mol. The van der Waals surface area contributed by atoms with Crippen molar-refractivity contribution in [2.45, 2.75) is 30.4 Å². The van der Waals surface area contributed by atoms with Gasteiger partial charge in [0.05, 0.1) is 5.56 Å². The van der Waals surface area contributed by atoms with Gasteiger partial charge in [-0.15, -0.1) is 11.8 Å². The number of benzene rings is 1. The van der Waals surface area contributed by atoms with E-state index in [2.05, 4.69) is 13.8 Å². The Balaban J connectivity index is 2.87. The van der Waals surface area contributed by atoms with Gasteiger partial charge in [-0.3, -0.25) is 0 Å². The average Bonchev–Trinajstić information content (AvgIpc) is 2.17.